The Balaban J connectivity index is 2.02. The number of anilines is 1. The molecule has 1 aliphatic rings. The first-order valence-corrected chi connectivity index (χ1v) is 5.96. The second kappa shape index (κ2) is 4.26. The van der Waals surface area contributed by atoms with Crippen LogP contribution in [-0.2, 0) is 4.74 Å². The fourth-order valence-corrected chi connectivity index (χ4v) is 2.50. The number of fused-ring (bicyclic) bond motifs is 1. The van der Waals surface area contributed by atoms with Crippen LogP contribution >= 0.6 is 0 Å². The van der Waals surface area contributed by atoms with Crippen molar-refractivity contribution >= 4 is 16.6 Å². The number of nitrogen functional groups attached to an aromatic ring is 1. The Kier molecular flexibility index (Phi) is 2.72. The van der Waals surface area contributed by atoms with Crippen molar-refractivity contribution in [3.63, 3.8) is 0 Å². The molecule has 4 nitrogen and oxygen atoms in total. The molecule has 96 valence electrons. The van der Waals surface area contributed by atoms with Gasteiger partial charge < -0.3 is 20.1 Å². The number of aliphatic hydroxyl groups excluding tert-OH is 1. The van der Waals surface area contributed by atoms with Crippen LogP contribution in [0.2, 0.25) is 0 Å². The van der Waals surface area contributed by atoms with Crippen LogP contribution in [0.4, 0.5) is 10.1 Å². The Labute approximate surface area is 104 Å². The fraction of sp³-hybridized carbons (Fsp3) is 0.385. The predicted octanol–water partition coefficient (Wildman–Crippen LogP) is 1.84. The maximum absolute atomic E-state index is 13.9. The molecule has 2 heterocycles. The average Bonchev–Trinajstić information content (AvgIpc) is 2.93. The van der Waals surface area contributed by atoms with E-state index in [0.717, 1.165) is 10.9 Å². The molecule has 0 unspecified atom stereocenters. The van der Waals surface area contributed by atoms with E-state index in [9.17, 15) is 4.39 Å². The zero-order valence-electron chi connectivity index (χ0n) is 9.79. The summed E-state index contributed by atoms with van der Waals surface area (Å²) >= 11 is 0. The Hall–Kier alpha value is -1.59. The number of hydrogen-bond acceptors (Lipinski definition) is 3. The number of nitrogens with two attached hydrogens (primary N) is 1. The molecule has 1 aromatic heterocycles. The van der Waals surface area contributed by atoms with Crippen LogP contribution in [0, 0.1) is 0 Å². The monoisotopic (exact) mass is 250 g/mol. The quantitative estimate of drug-likeness (QED) is 0.799. The van der Waals surface area contributed by atoms with Crippen LogP contribution in [0.3, 0.4) is 0 Å². The number of aromatic nitrogens is 1. The van der Waals surface area contributed by atoms with E-state index < -0.39 is 18.5 Å². The van der Waals surface area contributed by atoms with E-state index in [1.54, 1.807) is 10.8 Å². The van der Waals surface area contributed by atoms with E-state index in [1.807, 2.05) is 24.3 Å². The number of alkyl halides is 1. The Morgan fingerprint density at radius 2 is 2.28 bits per heavy atom. The summed E-state index contributed by atoms with van der Waals surface area (Å²) in [5.41, 5.74) is 7.38. The van der Waals surface area contributed by atoms with E-state index >= 15 is 0 Å². The number of benzene rings is 1. The van der Waals surface area contributed by atoms with E-state index in [4.69, 9.17) is 15.6 Å². The Morgan fingerprint density at radius 1 is 1.44 bits per heavy atom. The molecule has 3 atom stereocenters. The van der Waals surface area contributed by atoms with E-state index in [1.165, 1.54) is 0 Å². The van der Waals surface area contributed by atoms with Crippen molar-refractivity contribution in [1.29, 1.82) is 0 Å². The van der Waals surface area contributed by atoms with E-state index in [2.05, 4.69) is 0 Å². The Morgan fingerprint density at radius 3 is 3.00 bits per heavy atom. The number of hydrogen-bond donors (Lipinski definition) is 2. The van der Waals surface area contributed by atoms with Crippen molar-refractivity contribution in [2.75, 3.05) is 12.3 Å². The summed E-state index contributed by atoms with van der Waals surface area (Å²) in [6, 6.07) is 7.38. The number of rotatable bonds is 2. The van der Waals surface area contributed by atoms with Gasteiger partial charge in [-0.1, -0.05) is 6.07 Å². The lowest BCUT2D eigenvalue weighted by molar-refractivity contribution is -0.0346. The summed E-state index contributed by atoms with van der Waals surface area (Å²) in [5.74, 6) is 0. The third-order valence-electron chi connectivity index (χ3n) is 3.40. The third kappa shape index (κ3) is 1.67. The molecule has 18 heavy (non-hydrogen) atoms. The van der Waals surface area contributed by atoms with Gasteiger partial charge in [0.15, 0.2) is 6.23 Å². The van der Waals surface area contributed by atoms with Gasteiger partial charge in [0, 0.05) is 23.7 Å². The Bertz CT molecular complexity index is 569. The molecule has 3 rings (SSSR count). The van der Waals surface area contributed by atoms with Gasteiger partial charge in [0.1, 0.15) is 6.17 Å². The largest absolute Gasteiger partial charge is 0.398 e. The second-order valence-electron chi connectivity index (χ2n) is 4.59. The first-order valence-electron chi connectivity index (χ1n) is 5.96. The number of aliphatic hydroxyl groups is 1. The van der Waals surface area contributed by atoms with Gasteiger partial charge in [0.25, 0.3) is 0 Å². The van der Waals surface area contributed by atoms with Gasteiger partial charge >= 0.3 is 0 Å². The van der Waals surface area contributed by atoms with Crippen LogP contribution in [0.15, 0.2) is 30.5 Å². The smallest absolute Gasteiger partial charge is 0.166 e. The first-order chi connectivity index (χ1) is 8.70. The summed E-state index contributed by atoms with van der Waals surface area (Å²) in [4.78, 5) is 0. The molecule has 0 spiro atoms. The lowest BCUT2D eigenvalue weighted by Gasteiger charge is -2.16. The highest BCUT2D eigenvalue weighted by Crippen LogP contribution is 2.34. The third-order valence-corrected chi connectivity index (χ3v) is 3.40. The molecule has 1 aliphatic heterocycles. The molecule has 5 heteroatoms. The summed E-state index contributed by atoms with van der Waals surface area (Å²) in [6.07, 6.45) is -0.217. The molecular weight excluding hydrogens is 235 g/mol. The minimum Gasteiger partial charge on any atom is -0.398 e. The highest BCUT2D eigenvalue weighted by atomic mass is 19.1. The van der Waals surface area contributed by atoms with Gasteiger partial charge in [-0.3, -0.25) is 0 Å². The standard InChI is InChI=1S/C13H15FN2O2/c14-10-6-8(7-17)18-13(10)16-5-4-9-11(15)2-1-3-12(9)16/h1-5,8,10,13,17H,6-7,15H2/t8-,10-,13+/m0/s1. The van der Waals surface area contributed by atoms with Crippen LogP contribution in [0.25, 0.3) is 10.9 Å². The van der Waals surface area contributed by atoms with Gasteiger partial charge in [0.05, 0.1) is 18.2 Å². The average molecular weight is 250 g/mol. The van der Waals surface area contributed by atoms with Crippen LogP contribution < -0.4 is 5.73 Å². The van der Waals surface area contributed by atoms with Crippen LogP contribution in [0.1, 0.15) is 12.6 Å². The predicted molar refractivity (Wildman–Crippen MR) is 66.9 cm³/mol. The van der Waals surface area contributed by atoms with Gasteiger partial charge in [-0.15, -0.1) is 0 Å². The molecule has 3 N–H and O–H groups in total. The molecule has 0 aliphatic carbocycles. The lowest BCUT2D eigenvalue weighted by atomic mass is 10.2. The molecule has 1 aromatic carbocycles. The maximum Gasteiger partial charge on any atom is 0.166 e. The molecule has 0 bridgehead atoms. The number of halogens is 1. The molecule has 0 radical (unpaired) electrons. The van der Waals surface area contributed by atoms with Crippen LogP contribution in [0.5, 0.6) is 0 Å². The van der Waals surface area contributed by atoms with Crippen molar-refractivity contribution in [3.8, 4) is 0 Å². The zero-order chi connectivity index (χ0) is 12.7. The molecule has 1 fully saturated rings. The highest BCUT2D eigenvalue weighted by molar-refractivity contribution is 5.91. The number of ether oxygens (including phenoxy) is 1. The molecule has 1 saturated heterocycles. The van der Waals surface area contributed by atoms with Crippen LogP contribution in [-0.4, -0.2) is 28.6 Å². The van der Waals surface area contributed by atoms with E-state index in [0.29, 0.717) is 5.69 Å². The topological polar surface area (TPSA) is 60.4 Å². The molecule has 0 saturated carbocycles. The van der Waals surface area contributed by atoms with Crippen molar-refractivity contribution in [1.82, 2.24) is 4.57 Å². The normalized spacial score (nSPS) is 28.0. The molecular formula is C13H15FN2O2. The molecule has 0 amide bonds. The van der Waals surface area contributed by atoms with Gasteiger partial charge in [-0.05, 0) is 18.2 Å². The summed E-state index contributed by atoms with van der Waals surface area (Å²) < 4.78 is 21.2. The summed E-state index contributed by atoms with van der Waals surface area (Å²) in [7, 11) is 0. The minimum absolute atomic E-state index is 0.155. The number of nitrogens with zero attached hydrogens (tertiary/aromatic N) is 1. The summed E-state index contributed by atoms with van der Waals surface area (Å²) in [5, 5.41) is 9.93. The van der Waals surface area contributed by atoms with Gasteiger partial charge in [0.2, 0.25) is 0 Å². The van der Waals surface area contributed by atoms with Gasteiger partial charge in [-0.2, -0.15) is 0 Å². The van der Waals surface area contributed by atoms with Crippen molar-refractivity contribution in [2.24, 2.45) is 0 Å². The fourth-order valence-electron chi connectivity index (χ4n) is 2.50. The molecule has 2 aromatic rings. The van der Waals surface area contributed by atoms with Gasteiger partial charge in [-0.25, -0.2) is 4.39 Å². The zero-order valence-corrected chi connectivity index (χ0v) is 9.79. The second-order valence-corrected chi connectivity index (χ2v) is 4.59. The SMILES string of the molecule is Nc1cccc2c1ccn2[C@@H]1O[C@H](CO)C[C@@H]1F. The lowest BCUT2D eigenvalue weighted by Crippen LogP contribution is -2.16. The highest BCUT2D eigenvalue weighted by Gasteiger charge is 2.36. The first kappa shape index (κ1) is 11.5. The minimum atomic E-state index is -1.11. The van der Waals surface area contributed by atoms with E-state index in [-0.39, 0.29) is 13.0 Å². The van der Waals surface area contributed by atoms with Crippen molar-refractivity contribution < 1.29 is 14.2 Å². The maximum atomic E-state index is 13.9. The summed E-state index contributed by atoms with van der Waals surface area (Å²) in [6.45, 7) is -0.155. The van der Waals surface area contributed by atoms with Crippen molar-refractivity contribution in [2.45, 2.75) is 24.9 Å². The van der Waals surface area contributed by atoms with Crippen molar-refractivity contribution in [3.05, 3.63) is 30.5 Å².